The van der Waals surface area contributed by atoms with Crippen molar-refractivity contribution in [2.24, 2.45) is 7.05 Å². The lowest BCUT2D eigenvalue weighted by Crippen LogP contribution is -2.42. The number of likely N-dealkylation sites (tertiary alicyclic amines) is 1. The minimum Gasteiger partial charge on any atom is -0.507 e. The van der Waals surface area contributed by atoms with Gasteiger partial charge in [0, 0.05) is 43.9 Å². The molecule has 2 aromatic rings. The van der Waals surface area contributed by atoms with E-state index in [1.54, 1.807) is 47.8 Å². The van der Waals surface area contributed by atoms with Crippen LogP contribution in [0.3, 0.4) is 0 Å². The zero-order valence-corrected chi connectivity index (χ0v) is 19.2. The van der Waals surface area contributed by atoms with E-state index in [9.17, 15) is 14.7 Å². The van der Waals surface area contributed by atoms with Gasteiger partial charge in [0.1, 0.15) is 5.76 Å². The number of rotatable bonds is 5. The van der Waals surface area contributed by atoms with Gasteiger partial charge in [0.25, 0.3) is 11.7 Å². The molecular weight excluding hydrogens is 432 g/mol. The van der Waals surface area contributed by atoms with E-state index < -0.39 is 17.7 Å². The van der Waals surface area contributed by atoms with Gasteiger partial charge in [0.15, 0.2) is 0 Å². The van der Waals surface area contributed by atoms with Crippen LogP contribution >= 0.6 is 11.6 Å². The number of aliphatic hydroxyl groups excluding tert-OH is 1. The number of ketones is 1. The molecule has 0 saturated carbocycles. The summed E-state index contributed by atoms with van der Waals surface area (Å²) in [6.45, 7) is 7.44. The molecule has 8 nitrogen and oxygen atoms in total. The van der Waals surface area contributed by atoms with Crippen molar-refractivity contribution in [3.63, 3.8) is 0 Å². The highest BCUT2D eigenvalue weighted by atomic mass is 35.5. The van der Waals surface area contributed by atoms with E-state index in [2.05, 4.69) is 10.00 Å². The summed E-state index contributed by atoms with van der Waals surface area (Å²) in [5.74, 6) is -1.49. The maximum atomic E-state index is 13.2. The Hall–Kier alpha value is -2.68. The number of amides is 1. The number of aryl methyl sites for hydroxylation is 2. The van der Waals surface area contributed by atoms with Gasteiger partial charge < -0.3 is 14.7 Å². The van der Waals surface area contributed by atoms with Crippen molar-refractivity contribution >= 4 is 29.1 Å². The zero-order valence-electron chi connectivity index (χ0n) is 18.5. The number of halogens is 1. The second kappa shape index (κ2) is 9.05. The third kappa shape index (κ3) is 4.05. The van der Waals surface area contributed by atoms with Crippen LogP contribution in [-0.4, -0.2) is 75.8 Å². The van der Waals surface area contributed by atoms with Crippen LogP contribution in [0.2, 0.25) is 5.02 Å². The van der Waals surface area contributed by atoms with Gasteiger partial charge in [-0.05, 0) is 31.5 Å². The number of nitrogens with zero attached hydrogens (tertiary/aromatic N) is 4. The molecule has 1 amide bonds. The van der Waals surface area contributed by atoms with Crippen molar-refractivity contribution in [1.29, 1.82) is 0 Å². The molecule has 170 valence electrons. The van der Waals surface area contributed by atoms with Crippen LogP contribution in [0.25, 0.3) is 5.76 Å². The summed E-state index contributed by atoms with van der Waals surface area (Å²) in [7, 11) is 1.77. The van der Waals surface area contributed by atoms with E-state index >= 15 is 0 Å². The molecule has 0 aliphatic carbocycles. The molecule has 2 aliphatic heterocycles. The molecule has 0 radical (unpaired) electrons. The van der Waals surface area contributed by atoms with Gasteiger partial charge in [-0.15, -0.1) is 0 Å². The summed E-state index contributed by atoms with van der Waals surface area (Å²) in [5, 5.41) is 16.2. The number of hydrogen-bond acceptors (Lipinski definition) is 6. The van der Waals surface area contributed by atoms with Crippen LogP contribution in [0, 0.1) is 13.8 Å². The maximum absolute atomic E-state index is 13.2. The normalized spacial score (nSPS) is 21.5. The third-order valence-corrected chi connectivity index (χ3v) is 6.48. The molecule has 32 heavy (non-hydrogen) atoms. The summed E-state index contributed by atoms with van der Waals surface area (Å²) in [4.78, 5) is 30.0. The Morgan fingerprint density at radius 1 is 1.16 bits per heavy atom. The molecule has 9 heteroatoms. The quantitative estimate of drug-likeness (QED) is 0.420. The van der Waals surface area contributed by atoms with Gasteiger partial charge in [0.2, 0.25) is 0 Å². The number of carbonyl (C=O) groups excluding carboxylic acids is 2. The largest absolute Gasteiger partial charge is 0.507 e. The molecule has 1 N–H and O–H groups in total. The molecule has 2 fully saturated rings. The second-order valence-corrected chi connectivity index (χ2v) is 8.60. The number of ether oxygens (including phenoxy) is 1. The van der Waals surface area contributed by atoms with Crippen LogP contribution in [0.5, 0.6) is 0 Å². The molecule has 0 spiro atoms. The fourth-order valence-electron chi connectivity index (χ4n) is 4.43. The minimum absolute atomic E-state index is 0.0819. The molecule has 0 bridgehead atoms. The van der Waals surface area contributed by atoms with Crippen LogP contribution in [0.15, 0.2) is 29.8 Å². The Morgan fingerprint density at radius 3 is 2.41 bits per heavy atom. The minimum atomic E-state index is -0.702. The summed E-state index contributed by atoms with van der Waals surface area (Å²) < 4.78 is 7.04. The van der Waals surface area contributed by atoms with E-state index in [1.165, 1.54) is 0 Å². The van der Waals surface area contributed by atoms with Crippen molar-refractivity contribution in [3.05, 3.63) is 57.4 Å². The van der Waals surface area contributed by atoms with Crippen LogP contribution in [0.1, 0.15) is 28.6 Å². The Balaban J connectivity index is 1.77. The predicted octanol–water partition coefficient (Wildman–Crippen LogP) is 2.44. The highest BCUT2D eigenvalue weighted by Gasteiger charge is 2.46. The van der Waals surface area contributed by atoms with E-state index in [-0.39, 0.29) is 11.3 Å². The second-order valence-electron chi connectivity index (χ2n) is 8.17. The Labute approximate surface area is 192 Å². The van der Waals surface area contributed by atoms with Gasteiger partial charge >= 0.3 is 0 Å². The van der Waals surface area contributed by atoms with Crippen molar-refractivity contribution in [2.75, 3.05) is 39.4 Å². The lowest BCUT2D eigenvalue weighted by Gasteiger charge is -2.31. The first-order valence-corrected chi connectivity index (χ1v) is 11.0. The van der Waals surface area contributed by atoms with Crippen molar-refractivity contribution < 1.29 is 19.4 Å². The average molecular weight is 459 g/mol. The fourth-order valence-corrected chi connectivity index (χ4v) is 4.55. The number of hydrogen-bond donors (Lipinski definition) is 1. The molecule has 3 heterocycles. The molecule has 1 atom stereocenters. The number of Topliss-reactive ketones (excluding diaryl/α,β-unsaturated/α-hetero) is 1. The summed E-state index contributed by atoms with van der Waals surface area (Å²) >= 11 is 6.08. The summed E-state index contributed by atoms with van der Waals surface area (Å²) in [6, 6.07) is 6.32. The van der Waals surface area contributed by atoms with E-state index in [0.717, 1.165) is 24.3 Å². The van der Waals surface area contributed by atoms with E-state index in [0.29, 0.717) is 42.6 Å². The monoisotopic (exact) mass is 458 g/mol. The van der Waals surface area contributed by atoms with Crippen molar-refractivity contribution in [1.82, 2.24) is 19.6 Å². The number of benzene rings is 1. The SMILES string of the molecule is Cc1nn(C)c(C)c1C(O)=C1C(=O)C(=O)N(CCN2CCOCC2)[C@@H]1c1ccc(Cl)cc1. The Bertz CT molecular complexity index is 1070. The van der Waals surface area contributed by atoms with Crippen LogP contribution < -0.4 is 0 Å². The zero-order chi connectivity index (χ0) is 23.0. The first kappa shape index (κ1) is 22.5. The predicted molar refractivity (Wildman–Crippen MR) is 120 cm³/mol. The highest BCUT2D eigenvalue weighted by Crippen LogP contribution is 2.40. The van der Waals surface area contributed by atoms with E-state index in [4.69, 9.17) is 16.3 Å². The molecule has 2 saturated heterocycles. The van der Waals surface area contributed by atoms with Gasteiger partial charge in [0.05, 0.1) is 36.1 Å². The van der Waals surface area contributed by atoms with Gasteiger partial charge in [-0.1, -0.05) is 23.7 Å². The third-order valence-electron chi connectivity index (χ3n) is 6.23. The number of carbonyl (C=O) groups is 2. The van der Waals surface area contributed by atoms with Gasteiger partial charge in [-0.3, -0.25) is 19.2 Å². The van der Waals surface area contributed by atoms with Crippen molar-refractivity contribution in [3.8, 4) is 0 Å². The number of aromatic nitrogens is 2. The average Bonchev–Trinajstić information content (AvgIpc) is 3.18. The van der Waals surface area contributed by atoms with Crippen molar-refractivity contribution in [2.45, 2.75) is 19.9 Å². The Morgan fingerprint density at radius 2 is 1.81 bits per heavy atom. The molecule has 2 aliphatic rings. The Kier molecular flexibility index (Phi) is 6.37. The first-order chi connectivity index (χ1) is 15.3. The number of aliphatic hydroxyl groups is 1. The van der Waals surface area contributed by atoms with Gasteiger partial charge in [-0.25, -0.2) is 0 Å². The molecule has 1 aromatic carbocycles. The van der Waals surface area contributed by atoms with E-state index in [1.807, 2.05) is 6.92 Å². The topological polar surface area (TPSA) is 87.9 Å². The fraction of sp³-hybridized carbons (Fsp3) is 0.435. The van der Waals surface area contributed by atoms with Crippen LogP contribution in [0.4, 0.5) is 0 Å². The lowest BCUT2D eigenvalue weighted by molar-refractivity contribution is -0.140. The molecule has 0 unspecified atom stereocenters. The highest BCUT2D eigenvalue weighted by molar-refractivity contribution is 6.46. The first-order valence-electron chi connectivity index (χ1n) is 10.6. The maximum Gasteiger partial charge on any atom is 0.295 e. The smallest absolute Gasteiger partial charge is 0.295 e. The summed E-state index contributed by atoms with van der Waals surface area (Å²) in [6.07, 6.45) is 0. The molecule has 4 rings (SSSR count). The number of morpholine rings is 1. The summed E-state index contributed by atoms with van der Waals surface area (Å²) in [5.41, 5.74) is 2.60. The lowest BCUT2D eigenvalue weighted by atomic mass is 9.94. The molecular formula is C23H27ClN4O4. The van der Waals surface area contributed by atoms with Gasteiger partial charge in [-0.2, -0.15) is 5.10 Å². The van der Waals surface area contributed by atoms with Crippen LogP contribution in [-0.2, 0) is 21.4 Å². The standard InChI is InChI=1S/C23H27ClN4O4/c1-14-18(15(2)26(3)25-14)21(29)19-20(16-4-6-17(24)7-5-16)28(23(31)22(19)30)9-8-27-10-12-32-13-11-27/h4-7,20,29H,8-13H2,1-3H3/t20-/m1/s1. The molecule has 1 aromatic heterocycles.